The minimum Gasteiger partial charge on any atom is -0.399 e. The van der Waals surface area contributed by atoms with Gasteiger partial charge in [-0.3, -0.25) is 0 Å². The maximum atomic E-state index is 8.34. The predicted molar refractivity (Wildman–Crippen MR) is 280 cm³/mol. The Morgan fingerprint density at radius 2 is 1.06 bits per heavy atom. The molecule has 0 radical (unpaired) electrons. The number of nitrogens with zero attached hydrogens (tertiary/aromatic N) is 14. The van der Waals surface area contributed by atoms with Crippen molar-refractivity contribution in [2.24, 2.45) is 5.73 Å². The Labute approximate surface area is 422 Å². The lowest BCUT2D eigenvalue weighted by atomic mass is 9.97. The van der Waals surface area contributed by atoms with E-state index in [0.717, 1.165) is 67.9 Å². The largest absolute Gasteiger partial charge is 0.399 e. The molecule has 0 saturated carbocycles. The van der Waals surface area contributed by atoms with Crippen molar-refractivity contribution >= 4 is 28.9 Å². The molecule has 19 heteroatoms. The molecule has 362 valence electrons. The standard InChI is InChI=1S/C23H24N6.C14H13ClN6.C9H10N4.C7H6N2/c1-16(2)20-6-4-5-7-21(20)23-24-14-17(3)22(27-23)25-15-18-8-10-19(11-9-18)29-13-12-26-28-29;1-10-8-17-14(15)19-13(10)16-9-11-2-4-12(5-3-11)21-7-6-18-20-21;10-7-8-1-3-9(4-2-8)13-6-5-11-12-13;8-5-6-1-3-7(9)4-2-6/h4-14,16H,15H2,1-3H3,(H,24,25,27);2-8H,9H2,1H3,(H,16,17,19);1-6H,7,10H2;1-4H,9H2. The normalized spacial score (nSPS) is 10.4. The van der Waals surface area contributed by atoms with Gasteiger partial charge in [-0.25, -0.2) is 34.0 Å². The summed E-state index contributed by atoms with van der Waals surface area (Å²) in [6.07, 6.45) is 14.0. The number of hydrogen-bond acceptors (Lipinski definition) is 15. The second kappa shape index (κ2) is 25.4. The highest BCUT2D eigenvalue weighted by Crippen LogP contribution is 2.28. The summed E-state index contributed by atoms with van der Waals surface area (Å²) in [6, 6.07) is 41.3. The third kappa shape index (κ3) is 14.4. The Hall–Kier alpha value is -9.18. The summed E-state index contributed by atoms with van der Waals surface area (Å²) in [5.41, 5.74) is 22.9. The molecule has 0 saturated heterocycles. The van der Waals surface area contributed by atoms with Crippen LogP contribution in [0.1, 0.15) is 58.7 Å². The summed E-state index contributed by atoms with van der Waals surface area (Å²) in [4.78, 5) is 17.5. The fourth-order valence-electron chi connectivity index (χ4n) is 6.84. The third-order valence-electron chi connectivity index (χ3n) is 10.8. The van der Waals surface area contributed by atoms with E-state index < -0.39 is 0 Å². The maximum Gasteiger partial charge on any atom is 0.224 e. The molecule has 0 unspecified atom stereocenters. The number of rotatable bonds is 12. The average molecular weight is 978 g/mol. The summed E-state index contributed by atoms with van der Waals surface area (Å²) in [7, 11) is 0. The molecule has 5 aromatic heterocycles. The number of nitrogen functional groups attached to an aromatic ring is 1. The number of hydrogen-bond donors (Lipinski definition) is 4. The maximum absolute atomic E-state index is 8.34. The molecule has 18 nitrogen and oxygen atoms in total. The highest BCUT2D eigenvalue weighted by Gasteiger charge is 2.13. The van der Waals surface area contributed by atoms with Gasteiger partial charge in [0.15, 0.2) is 5.82 Å². The van der Waals surface area contributed by atoms with Gasteiger partial charge in [-0.15, -0.1) is 15.3 Å². The Morgan fingerprint density at radius 3 is 1.50 bits per heavy atom. The highest BCUT2D eigenvalue weighted by atomic mass is 35.5. The molecule has 0 aliphatic carbocycles. The van der Waals surface area contributed by atoms with Crippen LogP contribution < -0.4 is 22.1 Å². The number of anilines is 3. The Morgan fingerprint density at radius 1 is 0.597 bits per heavy atom. The molecule has 0 aliphatic rings. The fourth-order valence-corrected chi connectivity index (χ4v) is 6.97. The van der Waals surface area contributed by atoms with Gasteiger partial charge in [0.1, 0.15) is 11.6 Å². The molecule has 5 aromatic carbocycles. The van der Waals surface area contributed by atoms with E-state index in [-0.39, 0.29) is 5.28 Å². The molecule has 0 atom stereocenters. The van der Waals surface area contributed by atoms with Gasteiger partial charge < -0.3 is 22.1 Å². The first-order valence-electron chi connectivity index (χ1n) is 22.8. The van der Waals surface area contributed by atoms with E-state index in [0.29, 0.717) is 36.8 Å². The molecule has 0 amide bonds. The van der Waals surface area contributed by atoms with Crippen molar-refractivity contribution in [3.63, 3.8) is 0 Å². The topological polar surface area (TPSA) is 244 Å². The zero-order valence-corrected chi connectivity index (χ0v) is 40.9. The average Bonchev–Trinajstić information content (AvgIpc) is 4.27. The van der Waals surface area contributed by atoms with Crippen molar-refractivity contribution in [1.82, 2.24) is 64.9 Å². The van der Waals surface area contributed by atoms with Crippen LogP contribution in [0.4, 0.5) is 17.3 Å². The first-order valence-corrected chi connectivity index (χ1v) is 23.2. The van der Waals surface area contributed by atoms with E-state index in [2.05, 4.69) is 101 Å². The van der Waals surface area contributed by atoms with Crippen LogP contribution in [0.15, 0.2) is 171 Å². The Balaban J connectivity index is 0.000000154. The SMILES string of the molecule is Cc1cnc(-c2ccccc2C(C)C)nc1NCc1ccc(-n2ccnn2)cc1.Cc1cnc(Cl)nc1NCc1ccc(-n2ccnn2)cc1.N#Cc1ccc(N)cc1.NCc1ccc(-n2ccnn2)cc1. The van der Waals surface area contributed by atoms with Crippen molar-refractivity contribution in [2.75, 3.05) is 16.4 Å². The smallest absolute Gasteiger partial charge is 0.224 e. The molecule has 10 rings (SSSR count). The molecule has 10 aromatic rings. The third-order valence-corrected chi connectivity index (χ3v) is 11.0. The Kier molecular flexibility index (Phi) is 17.9. The molecule has 0 fully saturated rings. The summed E-state index contributed by atoms with van der Waals surface area (Å²) >= 11 is 5.80. The van der Waals surface area contributed by atoms with Crippen LogP contribution in [0, 0.1) is 25.2 Å². The van der Waals surface area contributed by atoms with Gasteiger partial charge in [0.25, 0.3) is 0 Å². The number of benzene rings is 5. The lowest BCUT2D eigenvalue weighted by molar-refractivity contribution is 0.802. The van der Waals surface area contributed by atoms with E-state index in [1.807, 2.05) is 99.0 Å². The van der Waals surface area contributed by atoms with Crippen molar-refractivity contribution in [3.8, 4) is 34.5 Å². The molecule has 0 bridgehead atoms. The van der Waals surface area contributed by atoms with Gasteiger partial charge >= 0.3 is 0 Å². The van der Waals surface area contributed by atoms with Crippen LogP contribution in [0.5, 0.6) is 0 Å². The van der Waals surface area contributed by atoms with Crippen molar-refractivity contribution in [3.05, 3.63) is 215 Å². The molecular formula is C53H53ClN18. The highest BCUT2D eigenvalue weighted by molar-refractivity contribution is 6.28. The molecule has 5 heterocycles. The van der Waals surface area contributed by atoms with Gasteiger partial charge in [-0.05, 0) is 114 Å². The van der Waals surface area contributed by atoms with Gasteiger partial charge in [0.2, 0.25) is 5.28 Å². The van der Waals surface area contributed by atoms with Crippen molar-refractivity contribution < 1.29 is 0 Å². The second-order valence-electron chi connectivity index (χ2n) is 16.3. The first-order chi connectivity index (χ1) is 35.1. The number of nitrogens with two attached hydrogens (primary N) is 2. The van der Waals surface area contributed by atoms with Crippen LogP contribution in [0.3, 0.4) is 0 Å². The summed E-state index contributed by atoms with van der Waals surface area (Å²) in [5.74, 6) is 2.77. The predicted octanol–water partition coefficient (Wildman–Crippen LogP) is 9.27. The van der Waals surface area contributed by atoms with Crippen LogP contribution in [0.2, 0.25) is 5.28 Å². The number of aromatic nitrogens is 13. The van der Waals surface area contributed by atoms with E-state index in [9.17, 15) is 0 Å². The van der Waals surface area contributed by atoms with Gasteiger partial charge in [-0.1, -0.05) is 90.2 Å². The van der Waals surface area contributed by atoms with Crippen molar-refractivity contribution in [2.45, 2.75) is 53.2 Å². The minimum atomic E-state index is 0.240. The summed E-state index contributed by atoms with van der Waals surface area (Å²) in [5, 5.41) is 38.5. The van der Waals surface area contributed by atoms with E-state index in [4.69, 9.17) is 33.3 Å². The first kappa shape index (κ1) is 50.7. The van der Waals surface area contributed by atoms with Gasteiger partial charge in [0.05, 0.1) is 65.9 Å². The van der Waals surface area contributed by atoms with E-state index in [1.54, 1.807) is 75.5 Å². The Bertz CT molecular complexity index is 3230. The number of aryl methyl sites for hydroxylation is 2. The van der Waals surface area contributed by atoms with Crippen molar-refractivity contribution in [1.29, 1.82) is 5.26 Å². The molecule has 72 heavy (non-hydrogen) atoms. The fraction of sp³-hybridized carbons (Fsp3) is 0.151. The zero-order valence-electron chi connectivity index (χ0n) is 40.2. The van der Waals surface area contributed by atoms with Gasteiger partial charge in [-0.2, -0.15) is 5.26 Å². The molecular weight excluding hydrogens is 924 g/mol. The monoisotopic (exact) mass is 976 g/mol. The molecule has 6 N–H and O–H groups in total. The summed E-state index contributed by atoms with van der Waals surface area (Å²) in [6.45, 7) is 10.2. The van der Waals surface area contributed by atoms with E-state index >= 15 is 0 Å². The second-order valence-corrected chi connectivity index (χ2v) is 16.7. The van der Waals surface area contributed by atoms with Gasteiger partial charge in [0, 0.05) is 54.4 Å². The molecule has 0 spiro atoms. The van der Waals surface area contributed by atoms with Crippen LogP contribution >= 0.6 is 11.6 Å². The lowest BCUT2D eigenvalue weighted by Crippen LogP contribution is -2.06. The lowest BCUT2D eigenvalue weighted by Gasteiger charge is -2.14. The number of nitriles is 1. The number of halogens is 1. The van der Waals surface area contributed by atoms with Crippen LogP contribution in [-0.2, 0) is 19.6 Å². The van der Waals surface area contributed by atoms with E-state index in [1.165, 1.54) is 5.56 Å². The quantitative estimate of drug-likeness (QED) is 0.0658. The minimum absolute atomic E-state index is 0.240. The molecule has 0 aliphatic heterocycles. The van der Waals surface area contributed by atoms with Crippen LogP contribution in [-0.4, -0.2) is 64.9 Å². The zero-order chi connectivity index (χ0) is 50.7. The summed E-state index contributed by atoms with van der Waals surface area (Å²) < 4.78 is 5.16. The number of nitrogens with one attached hydrogen (secondary N) is 2. The van der Waals surface area contributed by atoms with Crippen LogP contribution in [0.25, 0.3) is 28.5 Å².